The molecule has 7 nitrogen and oxygen atoms in total. The average molecular weight is 431 g/mol. The summed E-state index contributed by atoms with van der Waals surface area (Å²) in [4.78, 5) is 12.2. The molecule has 1 heterocycles. The highest BCUT2D eigenvalue weighted by Gasteiger charge is 2.11. The van der Waals surface area contributed by atoms with Crippen LogP contribution in [0, 0.1) is 32.1 Å². The predicted octanol–water partition coefficient (Wildman–Crippen LogP) is 4.99. The fourth-order valence-corrected chi connectivity index (χ4v) is 2.83. The third-order valence-corrected chi connectivity index (χ3v) is 4.73. The molecule has 0 saturated heterocycles. The van der Waals surface area contributed by atoms with Crippen LogP contribution in [0.3, 0.4) is 0 Å². The summed E-state index contributed by atoms with van der Waals surface area (Å²) in [5.74, 6) is 1.84. The van der Waals surface area contributed by atoms with Crippen molar-refractivity contribution >= 4 is 17.8 Å². The normalized spacial score (nSPS) is 11.0. The minimum atomic E-state index is -0.551. The quantitative estimate of drug-likeness (QED) is 0.291. The summed E-state index contributed by atoms with van der Waals surface area (Å²) in [6, 6.07) is 16.7. The fourth-order valence-electron chi connectivity index (χ4n) is 2.83. The van der Waals surface area contributed by atoms with Crippen molar-refractivity contribution in [2.75, 3.05) is 18.5 Å². The fraction of sp³-hybridized carbons (Fsp3) is 0.240. The van der Waals surface area contributed by atoms with Crippen molar-refractivity contribution < 1.29 is 18.8 Å². The van der Waals surface area contributed by atoms with Crippen LogP contribution >= 0.6 is 0 Å². The van der Waals surface area contributed by atoms with Crippen LogP contribution in [0.4, 0.5) is 5.82 Å². The lowest BCUT2D eigenvalue weighted by Gasteiger charge is -2.09. The monoisotopic (exact) mass is 431 g/mol. The van der Waals surface area contributed by atoms with E-state index in [9.17, 15) is 10.1 Å². The molecular weight excluding hydrogens is 406 g/mol. The van der Waals surface area contributed by atoms with E-state index in [4.69, 9.17) is 14.0 Å². The number of ether oxygens (including phenoxy) is 2. The number of amides is 1. The number of benzene rings is 2. The highest BCUT2D eigenvalue weighted by Crippen LogP contribution is 2.18. The molecule has 1 amide bonds. The summed E-state index contributed by atoms with van der Waals surface area (Å²) < 4.78 is 16.4. The number of anilines is 1. The van der Waals surface area contributed by atoms with E-state index in [2.05, 4.69) is 24.3 Å². The topological polar surface area (TPSA) is 97.4 Å². The first kappa shape index (κ1) is 22.6. The Morgan fingerprint density at radius 1 is 1.03 bits per heavy atom. The molecule has 1 aromatic heterocycles. The van der Waals surface area contributed by atoms with Crippen molar-refractivity contribution in [3.8, 4) is 17.6 Å². The maximum absolute atomic E-state index is 12.2. The van der Waals surface area contributed by atoms with Gasteiger partial charge < -0.3 is 19.3 Å². The van der Waals surface area contributed by atoms with Gasteiger partial charge in [0, 0.05) is 12.5 Å². The van der Waals surface area contributed by atoms with Crippen LogP contribution in [0.25, 0.3) is 6.08 Å². The Hall–Kier alpha value is -4.05. The number of hydrogen-bond acceptors (Lipinski definition) is 6. The predicted molar refractivity (Wildman–Crippen MR) is 121 cm³/mol. The molecule has 0 aliphatic rings. The minimum absolute atomic E-state index is 0.0391. The van der Waals surface area contributed by atoms with Gasteiger partial charge in [0.05, 0.1) is 13.2 Å². The van der Waals surface area contributed by atoms with Gasteiger partial charge in [0.15, 0.2) is 5.82 Å². The number of nitrogens with zero attached hydrogens (tertiary/aromatic N) is 2. The van der Waals surface area contributed by atoms with E-state index in [1.165, 1.54) is 17.2 Å². The largest absolute Gasteiger partial charge is 0.493 e. The van der Waals surface area contributed by atoms with E-state index >= 15 is 0 Å². The Labute approximate surface area is 187 Å². The van der Waals surface area contributed by atoms with Crippen LogP contribution < -0.4 is 14.8 Å². The van der Waals surface area contributed by atoms with Crippen LogP contribution in [0.15, 0.2) is 58.6 Å². The van der Waals surface area contributed by atoms with Crippen molar-refractivity contribution in [3.05, 3.63) is 76.6 Å². The maximum atomic E-state index is 12.2. The first-order chi connectivity index (χ1) is 15.4. The number of nitriles is 1. The van der Waals surface area contributed by atoms with Gasteiger partial charge in [-0.2, -0.15) is 5.26 Å². The molecule has 0 fully saturated rings. The van der Waals surface area contributed by atoms with E-state index in [0.717, 1.165) is 12.2 Å². The number of aryl methyl sites for hydroxylation is 3. The van der Waals surface area contributed by atoms with Crippen LogP contribution in [0.5, 0.6) is 11.5 Å². The molecule has 3 rings (SSSR count). The molecule has 1 N–H and O–H groups in total. The SMILES string of the molecule is Cc1cc(NC(=O)/C(C#N)=C\c2ccc(OCCCOc3ccc(C)c(C)c3)cc2)no1. The molecule has 32 heavy (non-hydrogen) atoms. The summed E-state index contributed by atoms with van der Waals surface area (Å²) in [7, 11) is 0. The molecule has 7 heteroatoms. The Bertz CT molecular complexity index is 1140. The molecule has 0 unspecified atom stereocenters. The summed E-state index contributed by atoms with van der Waals surface area (Å²) >= 11 is 0. The van der Waals surface area contributed by atoms with E-state index < -0.39 is 5.91 Å². The number of aromatic nitrogens is 1. The smallest absolute Gasteiger partial charge is 0.267 e. The molecular formula is C25H25N3O4. The van der Waals surface area contributed by atoms with Crippen molar-refractivity contribution in [2.45, 2.75) is 27.2 Å². The molecule has 0 bridgehead atoms. The number of hydrogen-bond donors (Lipinski definition) is 1. The zero-order chi connectivity index (χ0) is 22.9. The van der Waals surface area contributed by atoms with Gasteiger partial charge in [-0.15, -0.1) is 0 Å². The average Bonchev–Trinajstić information content (AvgIpc) is 3.19. The van der Waals surface area contributed by atoms with Crippen LogP contribution in [-0.4, -0.2) is 24.3 Å². The van der Waals surface area contributed by atoms with Crippen LogP contribution in [0.2, 0.25) is 0 Å². The van der Waals surface area contributed by atoms with E-state index in [0.29, 0.717) is 30.3 Å². The van der Waals surface area contributed by atoms with Gasteiger partial charge in [-0.05, 0) is 67.8 Å². The maximum Gasteiger partial charge on any atom is 0.267 e. The van der Waals surface area contributed by atoms with Crippen LogP contribution in [0.1, 0.15) is 28.9 Å². The van der Waals surface area contributed by atoms with Crippen molar-refractivity contribution in [1.82, 2.24) is 5.16 Å². The first-order valence-electron chi connectivity index (χ1n) is 10.2. The van der Waals surface area contributed by atoms with Gasteiger partial charge in [-0.1, -0.05) is 23.4 Å². The van der Waals surface area contributed by atoms with Gasteiger partial charge in [0.25, 0.3) is 5.91 Å². The molecule has 0 aliphatic carbocycles. The highest BCUT2D eigenvalue weighted by atomic mass is 16.5. The number of carbonyl (C=O) groups is 1. The number of carbonyl (C=O) groups excluding carboxylic acids is 1. The van der Waals surface area contributed by atoms with E-state index in [1.54, 1.807) is 37.3 Å². The minimum Gasteiger partial charge on any atom is -0.493 e. The van der Waals surface area contributed by atoms with Crippen molar-refractivity contribution in [1.29, 1.82) is 5.26 Å². The molecule has 164 valence electrons. The third-order valence-electron chi connectivity index (χ3n) is 4.73. The second-order valence-corrected chi connectivity index (χ2v) is 7.31. The lowest BCUT2D eigenvalue weighted by atomic mass is 10.1. The number of nitrogens with one attached hydrogen (secondary N) is 1. The summed E-state index contributed by atoms with van der Waals surface area (Å²) in [6.07, 6.45) is 2.25. The van der Waals surface area contributed by atoms with Crippen LogP contribution in [-0.2, 0) is 4.79 Å². The molecule has 0 radical (unpaired) electrons. The molecule has 0 spiro atoms. The first-order valence-corrected chi connectivity index (χ1v) is 10.2. The standard InChI is InChI=1S/C25H25N3O4/c1-17-5-8-23(13-18(17)2)31-12-4-11-30-22-9-6-20(7-10-22)15-21(16-26)25(29)27-24-14-19(3)32-28-24/h5-10,13-15H,4,11-12H2,1-3H3,(H,27,28,29)/b21-15-. The summed E-state index contributed by atoms with van der Waals surface area (Å²) in [6.45, 7) is 6.93. The second-order valence-electron chi connectivity index (χ2n) is 7.31. The lowest BCUT2D eigenvalue weighted by molar-refractivity contribution is -0.112. The second kappa shape index (κ2) is 10.8. The van der Waals surface area contributed by atoms with Crippen molar-refractivity contribution in [3.63, 3.8) is 0 Å². The highest BCUT2D eigenvalue weighted by molar-refractivity contribution is 6.09. The van der Waals surface area contributed by atoms with Gasteiger partial charge in [0.1, 0.15) is 28.9 Å². The van der Waals surface area contributed by atoms with Gasteiger partial charge >= 0.3 is 0 Å². The summed E-state index contributed by atoms with van der Waals surface area (Å²) in [5, 5.41) is 15.5. The van der Waals surface area contributed by atoms with E-state index in [1.807, 2.05) is 24.3 Å². The third kappa shape index (κ3) is 6.47. The zero-order valence-corrected chi connectivity index (χ0v) is 18.3. The molecule has 3 aromatic rings. The molecule has 0 aliphatic heterocycles. The Kier molecular flexibility index (Phi) is 7.65. The molecule has 0 saturated carbocycles. The van der Waals surface area contributed by atoms with Gasteiger partial charge in [0.2, 0.25) is 0 Å². The van der Waals surface area contributed by atoms with Gasteiger partial charge in [-0.3, -0.25) is 4.79 Å². The zero-order valence-electron chi connectivity index (χ0n) is 18.3. The molecule has 0 atom stereocenters. The Morgan fingerprint density at radius 3 is 2.34 bits per heavy atom. The van der Waals surface area contributed by atoms with Crippen molar-refractivity contribution in [2.24, 2.45) is 0 Å². The Balaban J connectivity index is 1.46. The summed E-state index contributed by atoms with van der Waals surface area (Å²) in [5.41, 5.74) is 3.12. The van der Waals surface area contributed by atoms with E-state index in [-0.39, 0.29) is 11.4 Å². The Morgan fingerprint density at radius 2 is 1.72 bits per heavy atom. The lowest BCUT2D eigenvalue weighted by Crippen LogP contribution is -2.13. The number of rotatable bonds is 9. The molecule has 2 aromatic carbocycles. The van der Waals surface area contributed by atoms with Gasteiger partial charge in [-0.25, -0.2) is 0 Å².